The van der Waals surface area contributed by atoms with Gasteiger partial charge in [0, 0.05) is 19.7 Å². The van der Waals surface area contributed by atoms with Gasteiger partial charge in [-0.25, -0.2) is 13.1 Å². The van der Waals surface area contributed by atoms with Crippen LogP contribution in [0, 0.1) is 6.92 Å². The fraction of sp³-hybridized carbons (Fsp3) is 0.538. The Morgan fingerprint density at radius 2 is 2.11 bits per heavy atom. The van der Waals surface area contributed by atoms with Crippen molar-refractivity contribution in [3.05, 3.63) is 29.3 Å². The molecule has 6 heteroatoms. The minimum absolute atomic E-state index is 0.0316. The van der Waals surface area contributed by atoms with Crippen LogP contribution in [-0.4, -0.2) is 27.7 Å². The molecule has 0 heterocycles. The second-order valence-electron chi connectivity index (χ2n) is 4.89. The number of ether oxygens (including phenoxy) is 1. The Labute approximate surface area is 114 Å². The number of rotatable bonds is 5. The van der Waals surface area contributed by atoms with Crippen molar-refractivity contribution in [2.75, 3.05) is 7.11 Å². The van der Waals surface area contributed by atoms with Gasteiger partial charge < -0.3 is 10.5 Å². The predicted octanol–water partition coefficient (Wildman–Crippen LogP) is 0.909. The average molecular weight is 284 g/mol. The van der Waals surface area contributed by atoms with E-state index >= 15 is 0 Å². The van der Waals surface area contributed by atoms with Gasteiger partial charge in [0.1, 0.15) is 0 Å². The van der Waals surface area contributed by atoms with E-state index in [1.54, 1.807) is 26.2 Å². The molecule has 1 aromatic rings. The van der Waals surface area contributed by atoms with E-state index in [1.807, 2.05) is 6.07 Å². The molecule has 1 aromatic carbocycles. The summed E-state index contributed by atoms with van der Waals surface area (Å²) in [6.45, 7) is 2.12. The third-order valence-electron chi connectivity index (χ3n) is 3.66. The molecular formula is C13H20N2O3S. The van der Waals surface area contributed by atoms with Crippen LogP contribution in [0.25, 0.3) is 0 Å². The van der Waals surface area contributed by atoms with Crippen LogP contribution in [0.1, 0.15) is 24.0 Å². The zero-order valence-corrected chi connectivity index (χ0v) is 12.0. The standard InChI is InChI=1S/C13H20N2O3S/c1-9-10(8-14)4-3-5-13(9)19(16,17)15-11-6-12(7-11)18-2/h3-5,11-12,15H,6-8,14H2,1-2H3. The lowest BCUT2D eigenvalue weighted by Gasteiger charge is -2.34. The summed E-state index contributed by atoms with van der Waals surface area (Å²) in [5.41, 5.74) is 7.18. The molecule has 1 aliphatic rings. The van der Waals surface area contributed by atoms with Crippen LogP contribution in [0.3, 0.4) is 0 Å². The Bertz CT molecular complexity index is 551. The number of methoxy groups -OCH3 is 1. The molecule has 0 aromatic heterocycles. The quantitative estimate of drug-likeness (QED) is 0.842. The molecule has 106 valence electrons. The molecule has 0 unspecified atom stereocenters. The first-order valence-electron chi connectivity index (χ1n) is 6.31. The molecule has 1 saturated carbocycles. The monoisotopic (exact) mass is 284 g/mol. The van der Waals surface area contributed by atoms with Gasteiger partial charge in [-0.05, 0) is 37.0 Å². The largest absolute Gasteiger partial charge is 0.381 e. The topological polar surface area (TPSA) is 81.4 Å². The molecule has 0 aliphatic heterocycles. The molecule has 19 heavy (non-hydrogen) atoms. The van der Waals surface area contributed by atoms with E-state index < -0.39 is 10.0 Å². The van der Waals surface area contributed by atoms with E-state index in [2.05, 4.69) is 4.72 Å². The average Bonchev–Trinajstić information content (AvgIpc) is 2.33. The number of benzene rings is 1. The van der Waals surface area contributed by atoms with Gasteiger partial charge in [0.2, 0.25) is 10.0 Å². The van der Waals surface area contributed by atoms with Gasteiger partial charge in [-0.1, -0.05) is 12.1 Å². The third kappa shape index (κ3) is 2.97. The van der Waals surface area contributed by atoms with Crippen LogP contribution < -0.4 is 10.5 Å². The number of nitrogens with two attached hydrogens (primary N) is 1. The summed E-state index contributed by atoms with van der Waals surface area (Å²) in [5, 5.41) is 0. The van der Waals surface area contributed by atoms with Gasteiger partial charge >= 0.3 is 0 Å². The van der Waals surface area contributed by atoms with Crippen molar-refractivity contribution in [3.8, 4) is 0 Å². The summed E-state index contributed by atoms with van der Waals surface area (Å²) in [6, 6.07) is 5.15. The van der Waals surface area contributed by atoms with Gasteiger partial charge in [0.05, 0.1) is 11.0 Å². The highest BCUT2D eigenvalue weighted by atomic mass is 32.2. The Balaban J connectivity index is 2.16. The van der Waals surface area contributed by atoms with Crippen LogP contribution in [0.5, 0.6) is 0 Å². The maximum atomic E-state index is 12.3. The van der Waals surface area contributed by atoms with E-state index in [0.29, 0.717) is 11.4 Å². The van der Waals surface area contributed by atoms with E-state index in [1.165, 1.54) is 0 Å². The molecule has 1 aliphatic carbocycles. The molecule has 0 spiro atoms. The summed E-state index contributed by atoms with van der Waals surface area (Å²) < 4.78 is 32.5. The highest BCUT2D eigenvalue weighted by Crippen LogP contribution is 2.26. The van der Waals surface area contributed by atoms with Crippen molar-refractivity contribution >= 4 is 10.0 Å². The molecule has 0 saturated heterocycles. The Morgan fingerprint density at radius 1 is 1.42 bits per heavy atom. The van der Waals surface area contributed by atoms with Crippen molar-refractivity contribution in [2.45, 2.75) is 43.4 Å². The Kier molecular flexibility index (Phi) is 4.25. The zero-order valence-electron chi connectivity index (χ0n) is 11.2. The van der Waals surface area contributed by atoms with Crippen molar-refractivity contribution in [1.29, 1.82) is 0 Å². The summed E-state index contributed by atoms with van der Waals surface area (Å²) in [6.07, 6.45) is 1.63. The van der Waals surface area contributed by atoms with Crippen LogP contribution in [0.2, 0.25) is 0 Å². The summed E-state index contributed by atoms with van der Waals surface area (Å²) in [4.78, 5) is 0.316. The normalized spacial score (nSPS) is 23.1. The van der Waals surface area contributed by atoms with E-state index in [0.717, 1.165) is 24.0 Å². The van der Waals surface area contributed by atoms with Crippen LogP contribution in [0.4, 0.5) is 0 Å². The molecule has 5 nitrogen and oxygen atoms in total. The maximum Gasteiger partial charge on any atom is 0.241 e. The van der Waals surface area contributed by atoms with Gasteiger partial charge in [0.15, 0.2) is 0 Å². The first kappa shape index (κ1) is 14.5. The smallest absolute Gasteiger partial charge is 0.241 e. The predicted molar refractivity (Wildman–Crippen MR) is 73.2 cm³/mol. The second kappa shape index (κ2) is 5.58. The number of sulfonamides is 1. The summed E-state index contributed by atoms with van der Waals surface area (Å²) in [7, 11) is -1.83. The highest BCUT2D eigenvalue weighted by Gasteiger charge is 2.33. The van der Waals surface area contributed by atoms with Crippen LogP contribution >= 0.6 is 0 Å². The summed E-state index contributed by atoms with van der Waals surface area (Å²) in [5.74, 6) is 0. The minimum Gasteiger partial charge on any atom is -0.381 e. The Hall–Kier alpha value is -0.950. The van der Waals surface area contributed by atoms with Gasteiger partial charge in [-0.15, -0.1) is 0 Å². The third-order valence-corrected chi connectivity index (χ3v) is 5.32. The zero-order chi connectivity index (χ0) is 14.0. The number of hydrogen-bond acceptors (Lipinski definition) is 4. The van der Waals surface area contributed by atoms with Crippen LogP contribution in [0.15, 0.2) is 23.1 Å². The van der Waals surface area contributed by atoms with Crippen molar-refractivity contribution < 1.29 is 13.2 Å². The van der Waals surface area contributed by atoms with Gasteiger partial charge in [0.25, 0.3) is 0 Å². The fourth-order valence-corrected chi connectivity index (χ4v) is 3.86. The van der Waals surface area contributed by atoms with Gasteiger partial charge in [-0.2, -0.15) is 0 Å². The number of nitrogens with one attached hydrogen (secondary N) is 1. The molecule has 0 atom stereocenters. The molecule has 1 fully saturated rings. The number of hydrogen-bond donors (Lipinski definition) is 2. The molecule has 0 amide bonds. The highest BCUT2D eigenvalue weighted by molar-refractivity contribution is 7.89. The van der Waals surface area contributed by atoms with E-state index in [4.69, 9.17) is 10.5 Å². The van der Waals surface area contributed by atoms with Gasteiger partial charge in [-0.3, -0.25) is 0 Å². The first-order chi connectivity index (χ1) is 8.97. The molecule has 0 bridgehead atoms. The minimum atomic E-state index is -3.48. The summed E-state index contributed by atoms with van der Waals surface area (Å²) >= 11 is 0. The molecule has 2 rings (SSSR count). The first-order valence-corrected chi connectivity index (χ1v) is 7.80. The van der Waals surface area contributed by atoms with Crippen molar-refractivity contribution in [1.82, 2.24) is 4.72 Å². The second-order valence-corrected chi connectivity index (χ2v) is 6.57. The lowest BCUT2D eigenvalue weighted by Crippen LogP contribution is -2.47. The molecular weight excluding hydrogens is 264 g/mol. The lowest BCUT2D eigenvalue weighted by molar-refractivity contribution is 0.0236. The fourth-order valence-electron chi connectivity index (χ4n) is 2.31. The SMILES string of the molecule is COC1CC(NS(=O)(=O)c2cccc(CN)c2C)C1. The van der Waals surface area contributed by atoms with E-state index in [9.17, 15) is 8.42 Å². The van der Waals surface area contributed by atoms with Crippen molar-refractivity contribution in [2.24, 2.45) is 5.73 Å². The lowest BCUT2D eigenvalue weighted by atomic mass is 9.90. The van der Waals surface area contributed by atoms with Crippen molar-refractivity contribution in [3.63, 3.8) is 0 Å². The molecule has 0 radical (unpaired) electrons. The van der Waals surface area contributed by atoms with E-state index in [-0.39, 0.29) is 12.1 Å². The van der Waals surface area contributed by atoms with Crippen LogP contribution in [-0.2, 0) is 21.3 Å². The Morgan fingerprint density at radius 3 is 2.68 bits per heavy atom. The maximum absolute atomic E-state index is 12.3. The molecule has 3 N–H and O–H groups in total.